The van der Waals surface area contributed by atoms with Gasteiger partial charge in [0, 0.05) is 17.2 Å². The molecule has 32 heavy (non-hydrogen) atoms. The Kier molecular flexibility index (Phi) is 8.37. The quantitative estimate of drug-likeness (QED) is 0.346. The van der Waals surface area contributed by atoms with Crippen molar-refractivity contribution in [2.45, 2.75) is 51.3 Å². The van der Waals surface area contributed by atoms with Gasteiger partial charge in [-0.1, -0.05) is 60.6 Å². The zero-order valence-corrected chi connectivity index (χ0v) is 21.5. The molecule has 3 rings (SSSR count). The Morgan fingerprint density at radius 1 is 1.16 bits per heavy atom. The molecule has 2 aromatic carbocycles. The van der Waals surface area contributed by atoms with Crippen LogP contribution in [0.15, 0.2) is 52.1 Å². The van der Waals surface area contributed by atoms with Crippen molar-refractivity contribution in [1.29, 1.82) is 0 Å². The molecule has 8 heteroatoms. The van der Waals surface area contributed by atoms with Crippen molar-refractivity contribution in [1.82, 2.24) is 14.8 Å². The van der Waals surface area contributed by atoms with Crippen LogP contribution in [-0.4, -0.2) is 26.4 Å². The van der Waals surface area contributed by atoms with Crippen LogP contribution in [0.3, 0.4) is 0 Å². The van der Waals surface area contributed by atoms with Gasteiger partial charge >= 0.3 is 0 Å². The van der Waals surface area contributed by atoms with Crippen LogP contribution in [0, 0.1) is 0 Å². The molecule has 0 aliphatic heterocycles. The zero-order valence-electron chi connectivity index (χ0n) is 19.1. The highest BCUT2D eigenvalue weighted by Crippen LogP contribution is 2.28. The van der Waals surface area contributed by atoms with Gasteiger partial charge in [0.15, 0.2) is 17.1 Å². The molecule has 0 aliphatic rings. The third kappa shape index (κ3) is 6.13. The maximum absolute atomic E-state index is 12.6. The topological polar surface area (TPSA) is 69.0 Å². The van der Waals surface area contributed by atoms with Crippen LogP contribution in [0.5, 0.6) is 5.75 Å². The molecule has 0 bridgehead atoms. The number of carbonyl (C=O) groups excluding carboxylic acids is 1. The Morgan fingerprint density at radius 2 is 1.88 bits per heavy atom. The minimum atomic E-state index is -0.264. The summed E-state index contributed by atoms with van der Waals surface area (Å²) in [6, 6.07) is 14.0. The first-order chi connectivity index (χ1) is 15.3. The second kappa shape index (κ2) is 11.0. The summed E-state index contributed by atoms with van der Waals surface area (Å²) < 4.78 is 8.90. The maximum atomic E-state index is 12.6. The number of carbonyl (C=O) groups is 1. The van der Waals surface area contributed by atoms with Crippen molar-refractivity contribution < 1.29 is 9.53 Å². The van der Waals surface area contributed by atoms with Crippen LogP contribution in [0.2, 0.25) is 0 Å². The number of nitrogens with zero attached hydrogens (tertiary/aromatic N) is 3. The van der Waals surface area contributed by atoms with Gasteiger partial charge in [-0.25, -0.2) is 0 Å². The number of aryl methyl sites for hydroxylation is 1. The van der Waals surface area contributed by atoms with Gasteiger partial charge in [-0.15, -0.1) is 10.2 Å². The van der Waals surface area contributed by atoms with Crippen LogP contribution < -0.4 is 10.1 Å². The maximum Gasteiger partial charge on any atom is 0.234 e. The van der Waals surface area contributed by atoms with E-state index in [4.69, 9.17) is 4.74 Å². The molecule has 0 saturated carbocycles. The average Bonchev–Trinajstić information content (AvgIpc) is 3.14. The fourth-order valence-corrected chi connectivity index (χ4v) is 4.40. The number of anilines is 1. The number of halogens is 1. The van der Waals surface area contributed by atoms with E-state index >= 15 is 0 Å². The molecule has 0 fully saturated rings. The standard InChI is InChI=1S/C24H29BrN4O2S/c1-6-17-7-10-19(11-8-17)31-16(4)23-27-28-24(29(23)5)32-14-22(30)26-21-12-9-18(25)13-20(21)15(2)3/h7-13,15-16H,6,14H2,1-5H3,(H,26,30)/t16-/m1/s1. The van der Waals surface area contributed by atoms with Crippen LogP contribution >= 0.6 is 27.7 Å². The molecule has 0 unspecified atom stereocenters. The number of hydrogen-bond acceptors (Lipinski definition) is 5. The minimum Gasteiger partial charge on any atom is -0.483 e. The lowest BCUT2D eigenvalue weighted by molar-refractivity contribution is -0.113. The second-order valence-electron chi connectivity index (χ2n) is 7.88. The lowest BCUT2D eigenvalue weighted by Gasteiger charge is -2.15. The van der Waals surface area contributed by atoms with Gasteiger partial charge in [-0.3, -0.25) is 4.79 Å². The monoisotopic (exact) mass is 516 g/mol. The predicted octanol–water partition coefficient (Wildman–Crippen LogP) is 6.13. The van der Waals surface area contributed by atoms with Crippen molar-refractivity contribution in [3.05, 3.63) is 63.9 Å². The highest BCUT2D eigenvalue weighted by molar-refractivity contribution is 9.10. The molecule has 6 nitrogen and oxygen atoms in total. The first kappa shape index (κ1) is 24.3. The van der Waals surface area contributed by atoms with Gasteiger partial charge in [-0.2, -0.15) is 0 Å². The minimum absolute atomic E-state index is 0.0796. The molecule has 1 heterocycles. The van der Waals surface area contributed by atoms with Crippen molar-refractivity contribution in [2.24, 2.45) is 7.05 Å². The number of benzene rings is 2. The molecule has 0 spiro atoms. The number of aromatic nitrogens is 3. The van der Waals surface area contributed by atoms with Gasteiger partial charge in [0.1, 0.15) is 5.75 Å². The number of thioether (sulfide) groups is 1. The van der Waals surface area contributed by atoms with Gasteiger partial charge in [0.05, 0.1) is 5.75 Å². The van der Waals surface area contributed by atoms with Crippen LogP contribution in [0.25, 0.3) is 0 Å². The van der Waals surface area contributed by atoms with E-state index in [0.717, 1.165) is 27.9 Å². The van der Waals surface area contributed by atoms with E-state index in [1.165, 1.54) is 17.3 Å². The van der Waals surface area contributed by atoms with Crippen LogP contribution in [0.4, 0.5) is 5.69 Å². The van der Waals surface area contributed by atoms with E-state index in [-0.39, 0.29) is 17.8 Å². The molecule has 3 aromatic rings. The van der Waals surface area contributed by atoms with E-state index in [9.17, 15) is 4.79 Å². The smallest absolute Gasteiger partial charge is 0.234 e. The lowest BCUT2D eigenvalue weighted by atomic mass is 10.0. The van der Waals surface area contributed by atoms with Crippen molar-refractivity contribution in [2.75, 3.05) is 11.1 Å². The summed E-state index contributed by atoms with van der Waals surface area (Å²) in [5.41, 5.74) is 3.20. The molecule has 1 N–H and O–H groups in total. The molecular weight excluding hydrogens is 488 g/mol. The zero-order chi connectivity index (χ0) is 23.3. The molecule has 1 amide bonds. The van der Waals surface area contributed by atoms with Gasteiger partial charge < -0.3 is 14.6 Å². The molecule has 170 valence electrons. The van der Waals surface area contributed by atoms with E-state index in [1.807, 2.05) is 48.9 Å². The number of ether oxygens (including phenoxy) is 1. The van der Waals surface area contributed by atoms with E-state index in [1.54, 1.807) is 0 Å². The van der Waals surface area contributed by atoms with Crippen molar-refractivity contribution in [3.63, 3.8) is 0 Å². The number of hydrogen-bond donors (Lipinski definition) is 1. The number of nitrogens with one attached hydrogen (secondary N) is 1. The average molecular weight is 517 g/mol. The van der Waals surface area contributed by atoms with Crippen molar-refractivity contribution in [3.8, 4) is 5.75 Å². The largest absolute Gasteiger partial charge is 0.483 e. The Balaban J connectivity index is 1.60. The lowest BCUT2D eigenvalue weighted by Crippen LogP contribution is -2.16. The Labute approximate surface area is 202 Å². The summed E-state index contributed by atoms with van der Waals surface area (Å²) in [7, 11) is 1.89. The van der Waals surface area contributed by atoms with Crippen molar-refractivity contribution >= 4 is 39.3 Å². The highest BCUT2D eigenvalue weighted by Gasteiger charge is 2.18. The third-order valence-electron chi connectivity index (χ3n) is 5.12. The molecule has 0 saturated heterocycles. The molecule has 1 aromatic heterocycles. The molecule has 0 aliphatic carbocycles. The second-order valence-corrected chi connectivity index (χ2v) is 9.74. The normalized spacial score (nSPS) is 12.1. The van der Waals surface area contributed by atoms with Crippen LogP contribution in [0.1, 0.15) is 56.7 Å². The summed E-state index contributed by atoms with van der Waals surface area (Å²) in [5, 5.41) is 12.2. The van der Waals surface area contributed by atoms with Gasteiger partial charge in [-0.05, 0) is 60.7 Å². The van der Waals surface area contributed by atoms with E-state index < -0.39 is 0 Å². The summed E-state index contributed by atoms with van der Waals surface area (Å²) in [5.74, 6) is 1.97. The van der Waals surface area contributed by atoms with E-state index in [2.05, 4.69) is 64.3 Å². The Bertz CT molecular complexity index is 1070. The molecule has 0 radical (unpaired) electrons. The Morgan fingerprint density at radius 3 is 2.53 bits per heavy atom. The summed E-state index contributed by atoms with van der Waals surface area (Å²) >= 11 is 4.85. The summed E-state index contributed by atoms with van der Waals surface area (Å²) in [4.78, 5) is 12.6. The molecular formula is C24H29BrN4O2S. The fourth-order valence-electron chi connectivity index (χ4n) is 3.31. The summed E-state index contributed by atoms with van der Waals surface area (Å²) in [6.45, 7) is 8.28. The Hall–Kier alpha value is -2.32. The first-order valence-corrected chi connectivity index (χ1v) is 12.4. The fraction of sp³-hybridized carbons (Fsp3) is 0.375. The van der Waals surface area contributed by atoms with Crippen LogP contribution in [-0.2, 0) is 18.3 Å². The number of rotatable bonds is 9. The number of amides is 1. The predicted molar refractivity (Wildman–Crippen MR) is 133 cm³/mol. The molecule has 1 atom stereocenters. The highest BCUT2D eigenvalue weighted by atomic mass is 79.9. The van der Waals surface area contributed by atoms with E-state index in [0.29, 0.717) is 16.9 Å². The first-order valence-electron chi connectivity index (χ1n) is 10.7. The SMILES string of the molecule is CCc1ccc(O[C@H](C)c2nnc(SCC(=O)Nc3ccc(Br)cc3C(C)C)n2C)cc1. The van der Waals surface area contributed by atoms with Gasteiger partial charge in [0.25, 0.3) is 0 Å². The summed E-state index contributed by atoms with van der Waals surface area (Å²) in [6.07, 6.45) is 0.730. The van der Waals surface area contributed by atoms with Gasteiger partial charge in [0.2, 0.25) is 5.91 Å². The third-order valence-corrected chi connectivity index (χ3v) is 6.63.